The average molecular weight is 276 g/mol. The number of carbonyl (C=O) groups excluding carboxylic acids is 3. The molecule has 0 aliphatic carbocycles. The van der Waals surface area contributed by atoms with Crippen molar-refractivity contribution in [1.82, 2.24) is 10.2 Å². The van der Waals surface area contributed by atoms with Gasteiger partial charge >= 0.3 is 11.8 Å². The molecule has 2 rings (SSSR count). The summed E-state index contributed by atoms with van der Waals surface area (Å²) in [6.45, 7) is 2.42. The Morgan fingerprint density at radius 3 is 2.25 bits per heavy atom. The Balaban J connectivity index is 1.96. The van der Waals surface area contributed by atoms with E-state index >= 15 is 0 Å². The van der Waals surface area contributed by atoms with E-state index in [9.17, 15) is 14.4 Å². The summed E-state index contributed by atoms with van der Waals surface area (Å²) in [4.78, 5) is 36.1. The SMILES string of the molecule is NC(=O)c1ccc(NC(=O)C(=O)N2CCNCC2)cc1. The highest BCUT2D eigenvalue weighted by Crippen LogP contribution is 2.09. The molecular formula is C13H16N4O3. The van der Waals surface area contributed by atoms with Gasteiger partial charge in [0.25, 0.3) is 0 Å². The van der Waals surface area contributed by atoms with Crippen molar-refractivity contribution in [1.29, 1.82) is 0 Å². The number of piperazine rings is 1. The predicted molar refractivity (Wildman–Crippen MR) is 73.0 cm³/mol. The van der Waals surface area contributed by atoms with Crippen LogP contribution in [0.5, 0.6) is 0 Å². The number of carbonyl (C=O) groups is 3. The third-order valence-corrected chi connectivity index (χ3v) is 3.03. The van der Waals surface area contributed by atoms with Crippen molar-refractivity contribution >= 4 is 23.4 Å². The molecule has 0 aromatic heterocycles. The van der Waals surface area contributed by atoms with Crippen LogP contribution < -0.4 is 16.4 Å². The molecule has 3 amide bonds. The number of nitrogens with zero attached hydrogens (tertiary/aromatic N) is 1. The molecule has 106 valence electrons. The van der Waals surface area contributed by atoms with E-state index in [-0.39, 0.29) is 0 Å². The molecule has 1 aromatic rings. The normalized spacial score (nSPS) is 14.7. The van der Waals surface area contributed by atoms with Crippen LogP contribution in [0.4, 0.5) is 5.69 Å². The van der Waals surface area contributed by atoms with Gasteiger partial charge in [-0.15, -0.1) is 0 Å². The third-order valence-electron chi connectivity index (χ3n) is 3.03. The Hall–Kier alpha value is -2.41. The molecular weight excluding hydrogens is 260 g/mol. The number of anilines is 1. The van der Waals surface area contributed by atoms with Gasteiger partial charge in [-0.3, -0.25) is 14.4 Å². The van der Waals surface area contributed by atoms with Crippen molar-refractivity contribution in [2.45, 2.75) is 0 Å². The molecule has 1 aromatic carbocycles. The highest BCUT2D eigenvalue weighted by molar-refractivity contribution is 6.39. The molecule has 7 nitrogen and oxygen atoms in total. The van der Waals surface area contributed by atoms with Crippen molar-refractivity contribution < 1.29 is 14.4 Å². The second kappa shape index (κ2) is 6.16. The zero-order valence-electron chi connectivity index (χ0n) is 10.9. The summed E-state index contributed by atoms with van der Waals surface area (Å²) in [5.74, 6) is -1.77. The Kier molecular flexibility index (Phi) is 4.31. The minimum atomic E-state index is -0.682. The van der Waals surface area contributed by atoms with Gasteiger partial charge in [-0.05, 0) is 24.3 Å². The summed E-state index contributed by atoms with van der Waals surface area (Å²) in [6.07, 6.45) is 0. The molecule has 7 heteroatoms. The van der Waals surface area contributed by atoms with Crippen LogP contribution in [0.2, 0.25) is 0 Å². The van der Waals surface area contributed by atoms with Gasteiger partial charge in [-0.2, -0.15) is 0 Å². The zero-order valence-corrected chi connectivity index (χ0v) is 10.9. The molecule has 1 aliphatic heterocycles. The predicted octanol–water partition coefficient (Wildman–Crippen LogP) is -0.844. The van der Waals surface area contributed by atoms with E-state index in [0.29, 0.717) is 37.4 Å². The number of hydrogen-bond acceptors (Lipinski definition) is 4. The topological polar surface area (TPSA) is 105 Å². The first-order chi connectivity index (χ1) is 9.58. The second-order valence-corrected chi connectivity index (χ2v) is 4.44. The molecule has 0 radical (unpaired) electrons. The summed E-state index contributed by atoms with van der Waals surface area (Å²) in [7, 11) is 0. The van der Waals surface area contributed by atoms with Crippen LogP contribution in [-0.2, 0) is 9.59 Å². The number of hydrogen-bond donors (Lipinski definition) is 3. The maximum atomic E-state index is 11.9. The highest BCUT2D eigenvalue weighted by atomic mass is 16.2. The molecule has 0 unspecified atom stereocenters. The van der Waals surface area contributed by atoms with E-state index in [0.717, 1.165) is 0 Å². The lowest BCUT2D eigenvalue weighted by Gasteiger charge is -2.26. The van der Waals surface area contributed by atoms with Crippen molar-refractivity contribution in [3.05, 3.63) is 29.8 Å². The first kappa shape index (κ1) is 14.0. The van der Waals surface area contributed by atoms with Crippen LogP contribution in [0.25, 0.3) is 0 Å². The Morgan fingerprint density at radius 2 is 1.70 bits per heavy atom. The van der Waals surface area contributed by atoms with Crippen molar-refractivity contribution in [2.24, 2.45) is 5.73 Å². The van der Waals surface area contributed by atoms with Gasteiger partial charge in [0.15, 0.2) is 0 Å². The Morgan fingerprint density at radius 1 is 1.10 bits per heavy atom. The van der Waals surface area contributed by atoms with Crippen molar-refractivity contribution in [2.75, 3.05) is 31.5 Å². The number of primary amides is 1. The first-order valence-corrected chi connectivity index (χ1v) is 6.29. The monoisotopic (exact) mass is 276 g/mol. The average Bonchev–Trinajstić information content (AvgIpc) is 2.48. The summed E-state index contributed by atoms with van der Waals surface area (Å²) < 4.78 is 0. The molecule has 4 N–H and O–H groups in total. The zero-order chi connectivity index (χ0) is 14.5. The number of nitrogens with two attached hydrogens (primary N) is 1. The standard InChI is InChI=1S/C13H16N4O3/c14-11(18)9-1-3-10(4-2-9)16-12(19)13(20)17-7-5-15-6-8-17/h1-4,15H,5-8H2,(H2,14,18)(H,16,19). The minimum absolute atomic E-state index is 0.344. The Labute approximate surface area is 116 Å². The molecule has 1 heterocycles. The lowest BCUT2D eigenvalue weighted by molar-refractivity contribution is -0.143. The van der Waals surface area contributed by atoms with Crippen molar-refractivity contribution in [3.63, 3.8) is 0 Å². The van der Waals surface area contributed by atoms with Crippen LogP contribution in [0.1, 0.15) is 10.4 Å². The first-order valence-electron chi connectivity index (χ1n) is 6.29. The van der Waals surface area contributed by atoms with E-state index in [1.54, 1.807) is 0 Å². The quantitative estimate of drug-likeness (QED) is 0.612. The smallest absolute Gasteiger partial charge is 0.313 e. The van der Waals surface area contributed by atoms with E-state index < -0.39 is 17.7 Å². The number of rotatable bonds is 2. The van der Waals surface area contributed by atoms with Gasteiger partial charge < -0.3 is 21.3 Å². The van der Waals surface area contributed by atoms with E-state index in [1.165, 1.54) is 29.2 Å². The molecule has 0 atom stereocenters. The fourth-order valence-corrected chi connectivity index (χ4v) is 1.91. The molecule has 1 aliphatic rings. The van der Waals surface area contributed by atoms with Gasteiger partial charge in [-0.1, -0.05) is 0 Å². The van der Waals surface area contributed by atoms with Gasteiger partial charge in [-0.25, -0.2) is 0 Å². The lowest BCUT2D eigenvalue weighted by atomic mass is 10.2. The lowest BCUT2D eigenvalue weighted by Crippen LogP contribution is -2.49. The van der Waals surface area contributed by atoms with Gasteiger partial charge in [0.2, 0.25) is 5.91 Å². The van der Waals surface area contributed by atoms with Crippen LogP contribution >= 0.6 is 0 Å². The van der Waals surface area contributed by atoms with Gasteiger partial charge in [0.1, 0.15) is 0 Å². The van der Waals surface area contributed by atoms with Crippen LogP contribution in [0.15, 0.2) is 24.3 Å². The molecule has 0 spiro atoms. The van der Waals surface area contributed by atoms with E-state index in [1.807, 2.05) is 0 Å². The van der Waals surface area contributed by atoms with E-state index in [2.05, 4.69) is 10.6 Å². The van der Waals surface area contributed by atoms with Crippen LogP contribution in [-0.4, -0.2) is 48.8 Å². The maximum Gasteiger partial charge on any atom is 0.313 e. The van der Waals surface area contributed by atoms with Crippen LogP contribution in [0.3, 0.4) is 0 Å². The molecule has 1 fully saturated rings. The van der Waals surface area contributed by atoms with Crippen LogP contribution in [0, 0.1) is 0 Å². The Bertz CT molecular complexity index is 521. The summed E-state index contributed by atoms with van der Waals surface area (Å²) in [6, 6.07) is 6.05. The van der Waals surface area contributed by atoms with Crippen molar-refractivity contribution in [3.8, 4) is 0 Å². The fraction of sp³-hybridized carbons (Fsp3) is 0.308. The molecule has 0 bridgehead atoms. The number of benzene rings is 1. The van der Waals surface area contributed by atoms with Gasteiger partial charge in [0, 0.05) is 37.4 Å². The summed E-state index contributed by atoms with van der Waals surface area (Å²) in [5, 5.41) is 5.61. The maximum absolute atomic E-state index is 11.9. The fourth-order valence-electron chi connectivity index (χ4n) is 1.91. The van der Waals surface area contributed by atoms with Gasteiger partial charge in [0.05, 0.1) is 0 Å². The second-order valence-electron chi connectivity index (χ2n) is 4.44. The molecule has 20 heavy (non-hydrogen) atoms. The van der Waals surface area contributed by atoms with E-state index in [4.69, 9.17) is 5.73 Å². The highest BCUT2D eigenvalue weighted by Gasteiger charge is 2.23. The number of amides is 3. The molecule has 1 saturated heterocycles. The minimum Gasteiger partial charge on any atom is -0.366 e. The number of nitrogens with one attached hydrogen (secondary N) is 2. The largest absolute Gasteiger partial charge is 0.366 e. The summed E-state index contributed by atoms with van der Waals surface area (Å²) in [5.41, 5.74) is 5.91. The molecule has 0 saturated carbocycles. The third kappa shape index (κ3) is 3.33. The summed E-state index contributed by atoms with van der Waals surface area (Å²) >= 11 is 0.